The van der Waals surface area contributed by atoms with Crippen LogP contribution in [0.1, 0.15) is 37.8 Å². The molecule has 0 radical (unpaired) electrons. The fourth-order valence-corrected chi connectivity index (χ4v) is 5.85. The molecule has 0 unspecified atom stereocenters. The van der Waals surface area contributed by atoms with E-state index in [0.29, 0.717) is 30.8 Å². The van der Waals surface area contributed by atoms with E-state index in [1.165, 1.54) is 4.31 Å². The molecule has 1 heterocycles. The molecule has 0 aromatic heterocycles. The predicted octanol–water partition coefficient (Wildman–Crippen LogP) is 4.19. The number of aryl methyl sites for hydroxylation is 2. The summed E-state index contributed by atoms with van der Waals surface area (Å²) < 4.78 is 27.6. The first-order valence-corrected chi connectivity index (χ1v) is 12.4. The fourth-order valence-electron chi connectivity index (χ4n) is 4.17. The van der Waals surface area contributed by atoms with Gasteiger partial charge in [0.1, 0.15) is 0 Å². The van der Waals surface area contributed by atoms with Gasteiger partial charge in [0.05, 0.1) is 4.90 Å². The molecule has 0 spiro atoms. The van der Waals surface area contributed by atoms with Gasteiger partial charge in [-0.25, -0.2) is 8.42 Å². The molecule has 1 fully saturated rings. The van der Waals surface area contributed by atoms with E-state index >= 15 is 0 Å². The summed E-state index contributed by atoms with van der Waals surface area (Å²) in [6, 6.07) is 13.3. The van der Waals surface area contributed by atoms with E-state index < -0.39 is 10.0 Å². The molecule has 2 aromatic carbocycles. The third-order valence-electron chi connectivity index (χ3n) is 6.04. The van der Waals surface area contributed by atoms with Gasteiger partial charge in [-0.15, -0.1) is 0 Å². The molecule has 1 aliphatic rings. The number of hydrogen-bond acceptors (Lipinski definition) is 4. The Morgan fingerprint density at radius 3 is 2.19 bits per heavy atom. The predicted molar refractivity (Wildman–Crippen MR) is 126 cm³/mol. The van der Waals surface area contributed by atoms with Crippen molar-refractivity contribution in [2.45, 2.75) is 45.4 Å². The van der Waals surface area contributed by atoms with E-state index in [-0.39, 0.29) is 11.8 Å². The summed E-state index contributed by atoms with van der Waals surface area (Å²) in [5.41, 5.74) is 3.70. The second-order valence-corrected chi connectivity index (χ2v) is 10.1. The number of nitrogens with zero attached hydrogens (tertiary/aromatic N) is 2. The number of anilines is 2. The van der Waals surface area contributed by atoms with Gasteiger partial charge in [0.2, 0.25) is 15.9 Å². The maximum absolute atomic E-state index is 13.0. The lowest BCUT2D eigenvalue weighted by Crippen LogP contribution is -2.41. The average molecular weight is 444 g/mol. The van der Waals surface area contributed by atoms with E-state index in [1.807, 2.05) is 50.2 Å². The molecule has 31 heavy (non-hydrogen) atoms. The van der Waals surface area contributed by atoms with Crippen LogP contribution in [0.25, 0.3) is 0 Å². The van der Waals surface area contributed by atoms with Crippen molar-refractivity contribution in [3.05, 3.63) is 53.6 Å². The molecule has 0 saturated carbocycles. The average Bonchev–Trinajstić information content (AvgIpc) is 2.75. The Kier molecular flexibility index (Phi) is 7.38. The molecule has 0 atom stereocenters. The van der Waals surface area contributed by atoms with Gasteiger partial charge in [-0.2, -0.15) is 4.31 Å². The Hall–Kier alpha value is -2.38. The minimum Gasteiger partial charge on any atom is -0.372 e. The van der Waals surface area contributed by atoms with Crippen LogP contribution in [-0.2, 0) is 14.8 Å². The minimum atomic E-state index is -3.54. The summed E-state index contributed by atoms with van der Waals surface area (Å²) in [5, 5.41) is 2.99. The maximum atomic E-state index is 13.0. The summed E-state index contributed by atoms with van der Waals surface area (Å²) in [5.74, 6) is -0.229. The molecule has 1 aliphatic heterocycles. The molecule has 7 heteroatoms. The van der Waals surface area contributed by atoms with Crippen molar-refractivity contribution >= 4 is 27.3 Å². The molecule has 1 N–H and O–H groups in total. The van der Waals surface area contributed by atoms with Gasteiger partial charge < -0.3 is 10.2 Å². The van der Waals surface area contributed by atoms with E-state index in [4.69, 9.17) is 0 Å². The number of sulfonamides is 1. The molecule has 1 amide bonds. The smallest absolute Gasteiger partial charge is 0.243 e. The summed E-state index contributed by atoms with van der Waals surface area (Å²) >= 11 is 0. The highest BCUT2D eigenvalue weighted by molar-refractivity contribution is 7.89. The van der Waals surface area contributed by atoms with Crippen molar-refractivity contribution in [2.75, 3.05) is 36.4 Å². The van der Waals surface area contributed by atoms with Crippen LogP contribution in [0.15, 0.2) is 47.4 Å². The van der Waals surface area contributed by atoms with Crippen LogP contribution in [0.3, 0.4) is 0 Å². The first kappa shape index (κ1) is 23.3. The largest absolute Gasteiger partial charge is 0.372 e. The van der Waals surface area contributed by atoms with E-state index in [9.17, 15) is 13.2 Å². The Balaban J connectivity index is 1.59. The molecular weight excluding hydrogens is 410 g/mol. The van der Waals surface area contributed by atoms with Gasteiger partial charge >= 0.3 is 0 Å². The van der Waals surface area contributed by atoms with Crippen molar-refractivity contribution in [3.8, 4) is 0 Å². The summed E-state index contributed by atoms with van der Waals surface area (Å²) in [7, 11) is -3.54. The standard InChI is InChI=1S/C24H33N3O3S/c1-5-26(6-2)22-10-8-21(9-11-22)25-24(28)20-13-15-27(16-14-20)31(29,30)23-12-7-18(3)17-19(23)4/h7-12,17,20H,5-6,13-16H2,1-4H3,(H,25,28). The first-order chi connectivity index (χ1) is 14.8. The topological polar surface area (TPSA) is 69.7 Å². The number of carbonyl (C=O) groups is 1. The number of amides is 1. The van der Waals surface area contributed by atoms with Crippen molar-refractivity contribution in [3.63, 3.8) is 0 Å². The summed E-state index contributed by atoms with van der Waals surface area (Å²) in [4.78, 5) is 15.3. The van der Waals surface area contributed by atoms with Crippen LogP contribution >= 0.6 is 0 Å². The van der Waals surface area contributed by atoms with E-state index in [0.717, 1.165) is 35.6 Å². The Morgan fingerprint density at radius 1 is 1.03 bits per heavy atom. The van der Waals surface area contributed by atoms with Gasteiger partial charge in [0, 0.05) is 43.5 Å². The highest BCUT2D eigenvalue weighted by Crippen LogP contribution is 2.27. The lowest BCUT2D eigenvalue weighted by atomic mass is 9.97. The van der Waals surface area contributed by atoms with Crippen LogP contribution in [0.2, 0.25) is 0 Å². The van der Waals surface area contributed by atoms with Crippen LogP contribution in [0.5, 0.6) is 0 Å². The van der Waals surface area contributed by atoms with Crippen LogP contribution in [0, 0.1) is 19.8 Å². The third kappa shape index (κ3) is 5.28. The zero-order valence-corrected chi connectivity index (χ0v) is 19.7. The zero-order chi connectivity index (χ0) is 22.6. The number of rotatable bonds is 7. The highest BCUT2D eigenvalue weighted by atomic mass is 32.2. The van der Waals surface area contributed by atoms with Crippen molar-refractivity contribution in [1.29, 1.82) is 0 Å². The molecule has 6 nitrogen and oxygen atoms in total. The second kappa shape index (κ2) is 9.83. The molecule has 0 aliphatic carbocycles. The Bertz CT molecular complexity index is 1010. The number of benzene rings is 2. The van der Waals surface area contributed by atoms with E-state index in [2.05, 4.69) is 24.1 Å². The van der Waals surface area contributed by atoms with Crippen LogP contribution < -0.4 is 10.2 Å². The van der Waals surface area contributed by atoms with Gasteiger partial charge in [-0.3, -0.25) is 4.79 Å². The Morgan fingerprint density at radius 2 is 1.65 bits per heavy atom. The monoisotopic (exact) mass is 443 g/mol. The van der Waals surface area contributed by atoms with Gasteiger partial charge in [0.25, 0.3) is 0 Å². The van der Waals surface area contributed by atoms with Gasteiger partial charge in [-0.1, -0.05) is 17.7 Å². The quantitative estimate of drug-likeness (QED) is 0.697. The van der Waals surface area contributed by atoms with Crippen molar-refractivity contribution in [1.82, 2.24) is 4.31 Å². The molecule has 0 bridgehead atoms. The van der Waals surface area contributed by atoms with Crippen LogP contribution in [-0.4, -0.2) is 44.8 Å². The molecule has 2 aromatic rings. The zero-order valence-electron chi connectivity index (χ0n) is 18.9. The molecule has 1 saturated heterocycles. The molecule has 3 rings (SSSR count). The summed E-state index contributed by atoms with van der Waals surface area (Å²) in [6.07, 6.45) is 1.04. The van der Waals surface area contributed by atoms with Crippen LogP contribution in [0.4, 0.5) is 11.4 Å². The van der Waals surface area contributed by atoms with Gasteiger partial charge in [-0.05, 0) is 76.4 Å². The van der Waals surface area contributed by atoms with Gasteiger partial charge in [0.15, 0.2) is 0 Å². The lowest BCUT2D eigenvalue weighted by Gasteiger charge is -2.31. The molecular formula is C24H33N3O3S. The maximum Gasteiger partial charge on any atom is 0.243 e. The fraction of sp³-hybridized carbons (Fsp3) is 0.458. The van der Waals surface area contributed by atoms with E-state index in [1.54, 1.807) is 6.07 Å². The number of carbonyl (C=O) groups excluding carboxylic acids is 1. The first-order valence-electron chi connectivity index (χ1n) is 11.0. The van der Waals surface area contributed by atoms with Crippen molar-refractivity contribution in [2.24, 2.45) is 5.92 Å². The molecule has 168 valence electrons. The summed E-state index contributed by atoms with van der Waals surface area (Å²) in [6.45, 7) is 10.6. The van der Waals surface area contributed by atoms with Crippen molar-refractivity contribution < 1.29 is 13.2 Å². The minimum absolute atomic E-state index is 0.0425. The second-order valence-electron chi connectivity index (χ2n) is 8.16. The third-order valence-corrected chi connectivity index (χ3v) is 8.10. The number of hydrogen-bond donors (Lipinski definition) is 1. The number of nitrogens with one attached hydrogen (secondary N) is 1. The normalized spacial score (nSPS) is 15.6. The Labute approximate surface area is 186 Å². The number of piperidine rings is 1. The highest BCUT2D eigenvalue weighted by Gasteiger charge is 2.32. The SMILES string of the molecule is CCN(CC)c1ccc(NC(=O)C2CCN(S(=O)(=O)c3ccc(C)cc3C)CC2)cc1. The lowest BCUT2D eigenvalue weighted by molar-refractivity contribution is -0.120.